The van der Waals surface area contributed by atoms with E-state index in [0.29, 0.717) is 21.7 Å². The van der Waals surface area contributed by atoms with Crippen LogP contribution in [0.4, 0.5) is 9.52 Å². The number of ether oxygens (including phenoxy) is 3. The Kier molecular flexibility index (Phi) is 8.64. The number of aliphatic carboxylic acids is 1. The summed E-state index contributed by atoms with van der Waals surface area (Å²) >= 11 is 2.28. The van der Waals surface area contributed by atoms with E-state index in [9.17, 15) is 14.0 Å². The molecule has 11 heteroatoms. The molecule has 1 atom stereocenters. The Morgan fingerprint density at radius 1 is 1.21 bits per heavy atom. The monoisotopic (exact) mass is 492 g/mol. The van der Waals surface area contributed by atoms with Gasteiger partial charge in [0.2, 0.25) is 0 Å². The molecule has 1 amide bonds. The molecule has 0 spiro atoms. The van der Waals surface area contributed by atoms with Crippen molar-refractivity contribution >= 4 is 40.1 Å². The fourth-order valence-electron chi connectivity index (χ4n) is 2.68. The summed E-state index contributed by atoms with van der Waals surface area (Å²) in [7, 11) is 1.55. The number of nitrogens with zero attached hydrogens (tertiary/aromatic N) is 1. The van der Waals surface area contributed by atoms with Crippen LogP contribution in [0.3, 0.4) is 0 Å². The number of carboxylic acids is 1. The molecule has 0 radical (unpaired) electrons. The second-order valence-electron chi connectivity index (χ2n) is 6.76. The number of carbonyl (C=O) groups is 2. The number of thioether (sulfide) groups is 1. The molecule has 3 rings (SSSR count). The molecule has 0 aliphatic heterocycles. The molecule has 0 aliphatic rings. The van der Waals surface area contributed by atoms with E-state index in [1.54, 1.807) is 25.3 Å². The summed E-state index contributed by atoms with van der Waals surface area (Å²) in [6.07, 6.45) is 1.21. The molecule has 2 aromatic carbocycles. The van der Waals surface area contributed by atoms with E-state index in [2.05, 4.69) is 10.3 Å². The van der Waals surface area contributed by atoms with Crippen molar-refractivity contribution < 1.29 is 33.3 Å². The van der Waals surface area contributed by atoms with Crippen LogP contribution in [0.15, 0.2) is 52.9 Å². The Morgan fingerprint density at radius 2 is 2.00 bits per heavy atom. The van der Waals surface area contributed by atoms with Crippen LogP contribution in [0.2, 0.25) is 0 Å². The van der Waals surface area contributed by atoms with E-state index in [-0.39, 0.29) is 28.9 Å². The average molecular weight is 493 g/mol. The highest BCUT2D eigenvalue weighted by atomic mass is 32.2. The SMILES string of the molecule is COC[C@H](C)Oc1cc(Oc2cccc(F)c2)cc(C(=O)Nc2ncc(SCC(=O)O)s2)c1. The van der Waals surface area contributed by atoms with Gasteiger partial charge in [0.15, 0.2) is 5.13 Å². The highest BCUT2D eigenvalue weighted by Gasteiger charge is 2.15. The fraction of sp³-hybridized carbons (Fsp3) is 0.227. The van der Waals surface area contributed by atoms with E-state index < -0.39 is 17.7 Å². The number of rotatable bonds is 11. The number of methoxy groups -OCH3 is 1. The zero-order valence-corrected chi connectivity index (χ0v) is 19.4. The topological polar surface area (TPSA) is 107 Å². The normalized spacial score (nSPS) is 11.6. The van der Waals surface area contributed by atoms with Crippen molar-refractivity contribution in [1.29, 1.82) is 0 Å². The first-order chi connectivity index (χ1) is 15.8. The second-order valence-corrected chi connectivity index (χ2v) is 9.06. The summed E-state index contributed by atoms with van der Waals surface area (Å²) in [5, 5.41) is 11.8. The van der Waals surface area contributed by atoms with Crippen molar-refractivity contribution in [2.75, 3.05) is 24.8 Å². The highest BCUT2D eigenvalue weighted by molar-refractivity contribution is 8.01. The zero-order valence-electron chi connectivity index (χ0n) is 17.7. The maximum absolute atomic E-state index is 13.5. The van der Waals surface area contributed by atoms with E-state index >= 15 is 0 Å². The number of benzene rings is 2. The van der Waals surface area contributed by atoms with E-state index in [1.165, 1.54) is 30.5 Å². The quantitative estimate of drug-likeness (QED) is 0.364. The number of carbonyl (C=O) groups excluding carboxylic acids is 1. The Balaban J connectivity index is 1.81. The molecule has 0 aliphatic carbocycles. The lowest BCUT2D eigenvalue weighted by Gasteiger charge is -2.16. The summed E-state index contributed by atoms with van der Waals surface area (Å²) in [4.78, 5) is 27.7. The molecule has 0 unspecified atom stereocenters. The van der Waals surface area contributed by atoms with Gasteiger partial charge in [-0.15, -0.1) is 11.8 Å². The minimum absolute atomic E-state index is 0.102. The third-order valence-corrected chi connectivity index (χ3v) is 6.05. The maximum Gasteiger partial charge on any atom is 0.313 e. The molecule has 3 aromatic rings. The molecule has 33 heavy (non-hydrogen) atoms. The lowest BCUT2D eigenvalue weighted by molar-refractivity contribution is -0.133. The third kappa shape index (κ3) is 7.74. The van der Waals surface area contributed by atoms with Gasteiger partial charge < -0.3 is 19.3 Å². The first kappa shape index (κ1) is 24.5. The van der Waals surface area contributed by atoms with Crippen molar-refractivity contribution in [3.05, 3.63) is 60.0 Å². The number of carboxylic acid groups (broad SMARTS) is 1. The Hall–Kier alpha value is -3.15. The number of aromatic nitrogens is 1. The van der Waals surface area contributed by atoms with Crippen LogP contribution in [0, 0.1) is 5.82 Å². The van der Waals surface area contributed by atoms with Gasteiger partial charge in [0.1, 0.15) is 29.2 Å². The summed E-state index contributed by atoms with van der Waals surface area (Å²) in [5.74, 6) is -1.04. The molecule has 0 fully saturated rings. The van der Waals surface area contributed by atoms with Crippen LogP contribution in [-0.4, -0.2) is 47.5 Å². The number of anilines is 1. The third-order valence-electron chi connectivity index (χ3n) is 3.96. The van der Waals surface area contributed by atoms with Crippen molar-refractivity contribution in [2.24, 2.45) is 0 Å². The molecule has 0 bridgehead atoms. The van der Waals surface area contributed by atoms with Gasteiger partial charge in [-0.3, -0.25) is 14.9 Å². The first-order valence-corrected chi connectivity index (χ1v) is 11.5. The number of nitrogens with one attached hydrogen (secondary N) is 1. The number of amides is 1. The summed E-state index contributed by atoms with van der Waals surface area (Å²) < 4.78 is 30.8. The van der Waals surface area contributed by atoms with Crippen LogP contribution in [0.5, 0.6) is 17.2 Å². The summed E-state index contributed by atoms with van der Waals surface area (Å²) in [5.41, 5.74) is 0.235. The minimum Gasteiger partial charge on any atom is -0.488 e. The van der Waals surface area contributed by atoms with Gasteiger partial charge in [-0.05, 0) is 31.2 Å². The minimum atomic E-state index is -0.940. The summed E-state index contributed by atoms with van der Waals surface area (Å²) in [6, 6.07) is 10.3. The fourth-order valence-corrected chi connectivity index (χ4v) is 4.27. The van der Waals surface area contributed by atoms with Crippen LogP contribution in [-0.2, 0) is 9.53 Å². The smallest absolute Gasteiger partial charge is 0.313 e. The zero-order chi connectivity index (χ0) is 23.8. The van der Waals surface area contributed by atoms with E-state index in [4.69, 9.17) is 19.3 Å². The molecule has 0 saturated carbocycles. The average Bonchev–Trinajstić information content (AvgIpc) is 3.19. The van der Waals surface area contributed by atoms with Gasteiger partial charge in [0, 0.05) is 24.8 Å². The van der Waals surface area contributed by atoms with Gasteiger partial charge in [-0.2, -0.15) is 0 Å². The Morgan fingerprint density at radius 3 is 2.73 bits per heavy atom. The molecule has 8 nitrogen and oxygen atoms in total. The van der Waals surface area contributed by atoms with E-state index in [1.807, 2.05) is 6.92 Å². The molecule has 0 saturated heterocycles. The van der Waals surface area contributed by atoms with Crippen LogP contribution >= 0.6 is 23.1 Å². The number of hydrogen-bond donors (Lipinski definition) is 2. The van der Waals surface area contributed by atoms with Gasteiger partial charge in [0.25, 0.3) is 5.91 Å². The van der Waals surface area contributed by atoms with Crippen LogP contribution < -0.4 is 14.8 Å². The predicted octanol–water partition coefficient (Wildman–Crippen LogP) is 4.92. The van der Waals surface area contributed by atoms with Gasteiger partial charge >= 0.3 is 5.97 Å². The van der Waals surface area contributed by atoms with Crippen molar-refractivity contribution in [3.63, 3.8) is 0 Å². The lowest BCUT2D eigenvalue weighted by atomic mass is 10.2. The second kappa shape index (κ2) is 11.6. The van der Waals surface area contributed by atoms with Gasteiger partial charge in [0.05, 0.1) is 22.8 Å². The lowest BCUT2D eigenvalue weighted by Crippen LogP contribution is -2.18. The van der Waals surface area contributed by atoms with E-state index in [0.717, 1.165) is 23.1 Å². The molecule has 174 valence electrons. The Bertz CT molecular complexity index is 1120. The molecular formula is C22H21FN2O6S2. The number of hydrogen-bond acceptors (Lipinski definition) is 8. The number of thiazole rings is 1. The highest BCUT2D eigenvalue weighted by Crippen LogP contribution is 2.31. The predicted molar refractivity (Wildman–Crippen MR) is 123 cm³/mol. The molecule has 2 N–H and O–H groups in total. The number of halogens is 1. The largest absolute Gasteiger partial charge is 0.488 e. The first-order valence-electron chi connectivity index (χ1n) is 9.68. The summed E-state index contributed by atoms with van der Waals surface area (Å²) in [6.45, 7) is 2.15. The molecule has 1 heterocycles. The van der Waals surface area contributed by atoms with Gasteiger partial charge in [-0.25, -0.2) is 9.37 Å². The maximum atomic E-state index is 13.5. The van der Waals surface area contributed by atoms with Gasteiger partial charge in [-0.1, -0.05) is 17.4 Å². The van der Waals surface area contributed by atoms with Crippen LogP contribution in [0.1, 0.15) is 17.3 Å². The standard InChI is InChI=1S/C22H21FN2O6S2/c1-13(11-29-2)30-17-6-14(7-18(9-17)31-16-5-3-4-15(23)8-16)21(28)25-22-24-10-20(33-22)32-12-19(26)27/h3-10,13H,11-12H2,1-2H3,(H,26,27)(H,24,25,28)/t13-/m0/s1. The van der Waals surface area contributed by atoms with Crippen molar-refractivity contribution in [1.82, 2.24) is 4.98 Å². The molecular weight excluding hydrogens is 471 g/mol. The Labute approximate surface area is 197 Å². The van der Waals surface area contributed by atoms with Crippen molar-refractivity contribution in [3.8, 4) is 17.2 Å². The van der Waals surface area contributed by atoms with Crippen LogP contribution in [0.25, 0.3) is 0 Å². The van der Waals surface area contributed by atoms with Crippen molar-refractivity contribution in [2.45, 2.75) is 17.2 Å². The molecule has 1 aromatic heterocycles.